The largest absolute Gasteiger partial charge is 0.467 e. The summed E-state index contributed by atoms with van der Waals surface area (Å²) in [5.41, 5.74) is 0. The van der Waals surface area contributed by atoms with Crippen molar-refractivity contribution in [3.8, 4) is 0 Å². The molecule has 1 fully saturated rings. The van der Waals surface area contributed by atoms with Crippen LogP contribution in [0.25, 0.3) is 0 Å². The van der Waals surface area contributed by atoms with Gasteiger partial charge in [-0.05, 0) is 13.8 Å². The molecule has 6 heteroatoms. The third-order valence-corrected chi connectivity index (χ3v) is 2.33. The first kappa shape index (κ1) is 13.9. The van der Waals surface area contributed by atoms with Crippen LogP contribution in [0.15, 0.2) is 0 Å². The van der Waals surface area contributed by atoms with Gasteiger partial charge in [0, 0.05) is 13.1 Å². The van der Waals surface area contributed by atoms with Crippen molar-refractivity contribution in [2.45, 2.75) is 26.1 Å². The minimum Gasteiger partial charge on any atom is -0.467 e. The zero-order chi connectivity index (χ0) is 12.8. The predicted molar refractivity (Wildman–Crippen MR) is 59.4 cm³/mol. The van der Waals surface area contributed by atoms with Crippen LogP contribution in [0, 0.1) is 0 Å². The summed E-state index contributed by atoms with van der Waals surface area (Å²) in [5.74, 6) is -0.697. The molecular weight excluding hydrogens is 226 g/mol. The number of carbonyl (C=O) groups is 2. The molecule has 1 aliphatic heterocycles. The number of nitrogens with zero attached hydrogens (tertiary/aromatic N) is 1. The van der Waals surface area contributed by atoms with Crippen LogP contribution >= 0.6 is 0 Å². The second-order valence-corrected chi connectivity index (χ2v) is 4.16. The van der Waals surface area contributed by atoms with Crippen LogP contribution < -0.4 is 0 Å². The molecule has 0 bridgehead atoms. The van der Waals surface area contributed by atoms with Gasteiger partial charge in [-0.3, -0.25) is 9.69 Å². The third-order valence-electron chi connectivity index (χ3n) is 2.33. The van der Waals surface area contributed by atoms with Gasteiger partial charge in [-0.15, -0.1) is 0 Å². The monoisotopic (exact) mass is 245 g/mol. The van der Waals surface area contributed by atoms with E-state index in [1.165, 1.54) is 7.11 Å². The van der Waals surface area contributed by atoms with Gasteiger partial charge < -0.3 is 14.2 Å². The van der Waals surface area contributed by atoms with E-state index in [9.17, 15) is 9.59 Å². The molecule has 0 radical (unpaired) electrons. The number of methoxy groups -OCH3 is 1. The summed E-state index contributed by atoms with van der Waals surface area (Å²) >= 11 is 0. The maximum Gasteiger partial charge on any atom is 0.336 e. The summed E-state index contributed by atoms with van der Waals surface area (Å²) in [6, 6.07) is 0. The van der Waals surface area contributed by atoms with Crippen LogP contribution in [0.1, 0.15) is 13.8 Å². The van der Waals surface area contributed by atoms with E-state index in [0.29, 0.717) is 19.7 Å². The summed E-state index contributed by atoms with van der Waals surface area (Å²) in [6.07, 6.45) is -0.736. The molecular formula is C11H19NO5. The summed E-state index contributed by atoms with van der Waals surface area (Å²) < 4.78 is 14.9. The fraction of sp³-hybridized carbons (Fsp3) is 0.818. The molecule has 0 aromatic heterocycles. The molecule has 0 spiro atoms. The Bertz CT molecular complexity index is 279. The number of carbonyl (C=O) groups excluding carboxylic acids is 2. The Morgan fingerprint density at radius 3 is 2.76 bits per heavy atom. The van der Waals surface area contributed by atoms with Crippen molar-refractivity contribution < 1.29 is 23.8 Å². The minimum absolute atomic E-state index is 0.125. The van der Waals surface area contributed by atoms with Gasteiger partial charge in [0.15, 0.2) is 6.10 Å². The van der Waals surface area contributed by atoms with Crippen LogP contribution in [0.2, 0.25) is 0 Å². The molecule has 0 aliphatic carbocycles. The number of esters is 2. The van der Waals surface area contributed by atoms with Gasteiger partial charge in [0.05, 0.1) is 26.4 Å². The first-order chi connectivity index (χ1) is 8.02. The summed E-state index contributed by atoms with van der Waals surface area (Å²) in [7, 11) is 1.32. The van der Waals surface area contributed by atoms with Gasteiger partial charge in [0.1, 0.15) is 0 Å². The SMILES string of the molecule is COC(=O)C1CN(CC(=O)OC(C)C)CCO1. The molecule has 0 saturated carbocycles. The van der Waals surface area contributed by atoms with E-state index in [2.05, 4.69) is 4.74 Å². The topological polar surface area (TPSA) is 65.1 Å². The van der Waals surface area contributed by atoms with Crippen LogP contribution in [0.3, 0.4) is 0 Å². The molecule has 1 atom stereocenters. The number of ether oxygens (including phenoxy) is 3. The van der Waals surface area contributed by atoms with E-state index < -0.39 is 12.1 Å². The second kappa shape index (κ2) is 6.56. The molecule has 6 nitrogen and oxygen atoms in total. The van der Waals surface area contributed by atoms with E-state index >= 15 is 0 Å². The molecule has 1 aliphatic rings. The molecule has 98 valence electrons. The fourth-order valence-electron chi connectivity index (χ4n) is 1.60. The van der Waals surface area contributed by atoms with E-state index in [1.54, 1.807) is 13.8 Å². The Morgan fingerprint density at radius 2 is 2.18 bits per heavy atom. The molecule has 0 aromatic rings. The van der Waals surface area contributed by atoms with Gasteiger partial charge in [-0.2, -0.15) is 0 Å². The summed E-state index contributed by atoms with van der Waals surface area (Å²) in [6.45, 7) is 5.16. The summed E-state index contributed by atoms with van der Waals surface area (Å²) in [4.78, 5) is 24.6. The van der Waals surface area contributed by atoms with Crippen molar-refractivity contribution in [1.82, 2.24) is 4.90 Å². The van der Waals surface area contributed by atoms with E-state index in [-0.39, 0.29) is 18.6 Å². The highest BCUT2D eigenvalue weighted by Gasteiger charge is 2.28. The predicted octanol–water partition coefficient (Wildman–Crippen LogP) is -0.188. The van der Waals surface area contributed by atoms with Gasteiger partial charge in [-0.1, -0.05) is 0 Å². The van der Waals surface area contributed by atoms with Gasteiger partial charge >= 0.3 is 11.9 Å². The molecule has 0 amide bonds. The molecule has 1 saturated heterocycles. The van der Waals surface area contributed by atoms with E-state index in [1.807, 2.05) is 4.90 Å². The van der Waals surface area contributed by atoms with Crippen LogP contribution in [0.5, 0.6) is 0 Å². The number of hydrogen-bond acceptors (Lipinski definition) is 6. The van der Waals surface area contributed by atoms with Crippen LogP contribution in [-0.2, 0) is 23.8 Å². The standard InChI is InChI=1S/C11H19NO5/c1-8(2)17-10(13)7-12-4-5-16-9(6-12)11(14)15-3/h8-9H,4-7H2,1-3H3. The molecule has 0 N–H and O–H groups in total. The average Bonchev–Trinajstić information content (AvgIpc) is 2.27. The molecule has 1 unspecified atom stereocenters. The lowest BCUT2D eigenvalue weighted by Crippen LogP contribution is -2.48. The number of rotatable bonds is 4. The highest BCUT2D eigenvalue weighted by Crippen LogP contribution is 2.07. The number of hydrogen-bond donors (Lipinski definition) is 0. The first-order valence-electron chi connectivity index (χ1n) is 5.64. The average molecular weight is 245 g/mol. The zero-order valence-corrected chi connectivity index (χ0v) is 10.5. The maximum absolute atomic E-state index is 11.4. The van der Waals surface area contributed by atoms with Crippen molar-refractivity contribution in [3.63, 3.8) is 0 Å². The van der Waals surface area contributed by atoms with Gasteiger partial charge in [-0.25, -0.2) is 4.79 Å². The molecule has 1 rings (SSSR count). The quantitative estimate of drug-likeness (QED) is 0.640. The Kier molecular flexibility index (Phi) is 5.37. The molecule has 1 heterocycles. The smallest absolute Gasteiger partial charge is 0.336 e. The maximum atomic E-state index is 11.4. The highest BCUT2D eigenvalue weighted by atomic mass is 16.6. The van der Waals surface area contributed by atoms with Crippen molar-refractivity contribution in [2.75, 3.05) is 33.4 Å². The van der Waals surface area contributed by atoms with Crippen molar-refractivity contribution >= 4 is 11.9 Å². The van der Waals surface area contributed by atoms with Crippen molar-refractivity contribution in [1.29, 1.82) is 0 Å². The van der Waals surface area contributed by atoms with Crippen LogP contribution in [0.4, 0.5) is 0 Å². The molecule has 0 aromatic carbocycles. The van der Waals surface area contributed by atoms with Crippen LogP contribution in [-0.4, -0.2) is 62.4 Å². The lowest BCUT2D eigenvalue weighted by atomic mass is 10.2. The normalized spacial score (nSPS) is 21.3. The number of morpholine rings is 1. The Balaban J connectivity index is 2.39. The fourth-order valence-corrected chi connectivity index (χ4v) is 1.60. The Labute approximate surface area is 101 Å². The van der Waals surface area contributed by atoms with Crippen molar-refractivity contribution in [2.24, 2.45) is 0 Å². The van der Waals surface area contributed by atoms with Gasteiger partial charge in [0.25, 0.3) is 0 Å². The lowest BCUT2D eigenvalue weighted by Gasteiger charge is -2.30. The third kappa shape index (κ3) is 4.70. The zero-order valence-electron chi connectivity index (χ0n) is 10.5. The second-order valence-electron chi connectivity index (χ2n) is 4.16. The first-order valence-corrected chi connectivity index (χ1v) is 5.64. The highest BCUT2D eigenvalue weighted by molar-refractivity contribution is 5.75. The lowest BCUT2D eigenvalue weighted by molar-refractivity contribution is -0.163. The minimum atomic E-state index is -0.611. The molecule has 17 heavy (non-hydrogen) atoms. The Hall–Kier alpha value is -1.14. The van der Waals surface area contributed by atoms with E-state index in [4.69, 9.17) is 9.47 Å². The van der Waals surface area contributed by atoms with E-state index in [0.717, 1.165) is 0 Å². The Morgan fingerprint density at radius 1 is 1.47 bits per heavy atom. The summed E-state index contributed by atoms with van der Waals surface area (Å²) in [5, 5.41) is 0. The van der Waals surface area contributed by atoms with Crippen molar-refractivity contribution in [3.05, 3.63) is 0 Å². The van der Waals surface area contributed by atoms with Gasteiger partial charge in [0.2, 0.25) is 0 Å².